The number of aromatic nitrogens is 2. The van der Waals surface area contributed by atoms with Gasteiger partial charge in [-0.1, -0.05) is 6.07 Å². The van der Waals surface area contributed by atoms with Gasteiger partial charge in [-0.15, -0.1) is 0 Å². The Balaban J connectivity index is 1.65. The zero-order valence-electron chi connectivity index (χ0n) is 12.6. The first kappa shape index (κ1) is 16.7. The third-order valence-electron chi connectivity index (χ3n) is 3.41. The number of carbonyl (C=O) groups is 2. The first-order valence-corrected chi connectivity index (χ1v) is 7.17. The molecule has 3 N–H and O–H groups in total. The predicted molar refractivity (Wildman–Crippen MR) is 81.8 cm³/mol. The Kier molecular flexibility index (Phi) is 4.26. The number of rotatable bonds is 3. The maximum Gasteiger partial charge on any atom is 0.433 e. The molecule has 7 nitrogen and oxygen atoms in total. The van der Waals surface area contributed by atoms with Crippen molar-refractivity contribution < 1.29 is 22.8 Å². The summed E-state index contributed by atoms with van der Waals surface area (Å²) < 4.78 is 37.3. The zero-order chi connectivity index (χ0) is 18.0. The summed E-state index contributed by atoms with van der Waals surface area (Å²) in [6, 6.07) is 3.56. The van der Waals surface area contributed by atoms with Crippen LogP contribution in [0.2, 0.25) is 0 Å². The second-order valence-corrected chi connectivity index (χ2v) is 5.25. The zero-order valence-corrected chi connectivity index (χ0v) is 12.6. The predicted octanol–water partition coefficient (Wildman–Crippen LogP) is 1.79. The van der Waals surface area contributed by atoms with E-state index in [2.05, 4.69) is 25.9 Å². The van der Waals surface area contributed by atoms with E-state index in [1.807, 2.05) is 0 Å². The number of amides is 2. The maximum atomic E-state index is 12.4. The van der Waals surface area contributed by atoms with Gasteiger partial charge in [-0.3, -0.25) is 14.6 Å². The van der Waals surface area contributed by atoms with E-state index in [-0.39, 0.29) is 24.6 Å². The quantitative estimate of drug-likeness (QED) is 0.784. The highest BCUT2D eigenvalue weighted by molar-refractivity contribution is 6.02. The van der Waals surface area contributed by atoms with Gasteiger partial charge in [-0.2, -0.15) is 13.2 Å². The first-order valence-electron chi connectivity index (χ1n) is 7.17. The van der Waals surface area contributed by atoms with Gasteiger partial charge in [0, 0.05) is 18.9 Å². The molecule has 2 amide bonds. The molecule has 0 aliphatic carbocycles. The van der Waals surface area contributed by atoms with Gasteiger partial charge in [0.2, 0.25) is 5.91 Å². The second kappa shape index (κ2) is 6.38. The van der Waals surface area contributed by atoms with Crippen molar-refractivity contribution in [2.45, 2.75) is 12.7 Å². The number of hydrogen-bond acceptors (Lipinski definition) is 5. The average molecular weight is 351 g/mol. The summed E-state index contributed by atoms with van der Waals surface area (Å²) in [5, 5.41) is 7.95. The largest absolute Gasteiger partial charge is 0.433 e. The van der Waals surface area contributed by atoms with Crippen LogP contribution in [-0.2, 0) is 17.5 Å². The molecule has 2 aromatic heterocycles. The van der Waals surface area contributed by atoms with Crippen LogP contribution in [0.4, 0.5) is 24.7 Å². The number of nitrogens with zero attached hydrogens (tertiary/aromatic N) is 2. The van der Waals surface area contributed by atoms with Crippen LogP contribution in [0.5, 0.6) is 0 Å². The first-order chi connectivity index (χ1) is 11.8. The van der Waals surface area contributed by atoms with Gasteiger partial charge in [0.25, 0.3) is 5.91 Å². The number of hydrogen-bond donors (Lipinski definition) is 3. The third-order valence-corrected chi connectivity index (χ3v) is 3.41. The summed E-state index contributed by atoms with van der Waals surface area (Å²) in [5.41, 5.74) is 0.0228. The van der Waals surface area contributed by atoms with Crippen molar-refractivity contribution in [2.75, 3.05) is 17.2 Å². The van der Waals surface area contributed by atoms with E-state index in [0.29, 0.717) is 17.1 Å². The number of fused-ring (bicyclic) bond motifs is 1. The molecule has 25 heavy (non-hydrogen) atoms. The second-order valence-electron chi connectivity index (χ2n) is 5.25. The van der Waals surface area contributed by atoms with Crippen LogP contribution in [0.15, 0.2) is 30.6 Å². The van der Waals surface area contributed by atoms with Crippen LogP contribution < -0.4 is 16.0 Å². The van der Waals surface area contributed by atoms with Crippen LogP contribution >= 0.6 is 0 Å². The Labute approximate surface area is 139 Å². The highest BCUT2D eigenvalue weighted by Crippen LogP contribution is 2.27. The molecule has 0 saturated heterocycles. The molecule has 0 spiro atoms. The van der Waals surface area contributed by atoms with Gasteiger partial charge >= 0.3 is 6.18 Å². The van der Waals surface area contributed by atoms with E-state index < -0.39 is 17.8 Å². The number of carbonyl (C=O) groups excluding carboxylic acids is 2. The number of anilines is 2. The van der Waals surface area contributed by atoms with Crippen molar-refractivity contribution in [3.8, 4) is 0 Å². The van der Waals surface area contributed by atoms with Gasteiger partial charge in [-0.25, -0.2) is 4.98 Å². The van der Waals surface area contributed by atoms with Crippen LogP contribution in [0.3, 0.4) is 0 Å². The molecule has 2 aromatic rings. The fourth-order valence-electron chi connectivity index (χ4n) is 2.16. The molecule has 1 aliphatic rings. The average Bonchev–Trinajstić information content (AvgIpc) is 2.58. The molecule has 0 bridgehead atoms. The molecule has 3 rings (SSSR count). The molecule has 0 fully saturated rings. The van der Waals surface area contributed by atoms with Crippen molar-refractivity contribution in [1.29, 1.82) is 0 Å². The fourth-order valence-corrected chi connectivity index (χ4v) is 2.16. The summed E-state index contributed by atoms with van der Waals surface area (Å²) in [7, 11) is 0. The van der Waals surface area contributed by atoms with E-state index >= 15 is 0 Å². The van der Waals surface area contributed by atoms with E-state index in [1.165, 1.54) is 18.3 Å². The van der Waals surface area contributed by atoms with E-state index in [4.69, 9.17) is 0 Å². The van der Waals surface area contributed by atoms with Crippen molar-refractivity contribution in [2.24, 2.45) is 0 Å². The van der Waals surface area contributed by atoms with E-state index in [9.17, 15) is 22.8 Å². The third kappa shape index (κ3) is 3.84. The maximum absolute atomic E-state index is 12.4. The minimum Gasteiger partial charge on any atom is -0.359 e. The van der Waals surface area contributed by atoms with Crippen molar-refractivity contribution >= 4 is 23.3 Å². The minimum absolute atomic E-state index is 0.00562. The van der Waals surface area contributed by atoms with Crippen LogP contribution in [-0.4, -0.2) is 28.3 Å². The Morgan fingerprint density at radius 2 is 2.04 bits per heavy atom. The number of alkyl halides is 3. The molecule has 10 heteroatoms. The number of nitrogens with one attached hydrogen (secondary N) is 3. The Hall–Kier alpha value is -3.17. The van der Waals surface area contributed by atoms with Crippen molar-refractivity contribution in [3.63, 3.8) is 0 Å². The Bertz CT molecular complexity index is 821. The van der Waals surface area contributed by atoms with Gasteiger partial charge < -0.3 is 16.0 Å². The van der Waals surface area contributed by atoms with Crippen LogP contribution in [0.25, 0.3) is 0 Å². The topological polar surface area (TPSA) is 96.0 Å². The Morgan fingerprint density at radius 1 is 1.24 bits per heavy atom. The summed E-state index contributed by atoms with van der Waals surface area (Å²) >= 11 is 0. The fraction of sp³-hybridized carbons (Fsp3) is 0.200. The highest BCUT2D eigenvalue weighted by atomic mass is 19.4. The molecule has 0 aromatic carbocycles. The van der Waals surface area contributed by atoms with E-state index in [1.54, 1.807) is 0 Å². The lowest BCUT2D eigenvalue weighted by Crippen LogP contribution is -2.29. The lowest BCUT2D eigenvalue weighted by molar-refractivity contribution is -0.141. The van der Waals surface area contributed by atoms with Crippen LogP contribution in [0, 0.1) is 0 Å². The molecule has 0 unspecified atom stereocenters. The smallest absolute Gasteiger partial charge is 0.359 e. The monoisotopic (exact) mass is 351 g/mol. The molecule has 130 valence electrons. The molecule has 0 atom stereocenters. The minimum atomic E-state index is -4.50. The molecular weight excluding hydrogens is 339 g/mol. The molecule has 1 aliphatic heterocycles. The van der Waals surface area contributed by atoms with Crippen LogP contribution in [0.1, 0.15) is 21.6 Å². The van der Waals surface area contributed by atoms with Crippen molar-refractivity contribution in [3.05, 3.63) is 47.4 Å². The summed E-state index contributed by atoms with van der Waals surface area (Å²) in [5.74, 6) is -0.263. The highest BCUT2D eigenvalue weighted by Gasteiger charge is 2.32. The van der Waals surface area contributed by atoms with Gasteiger partial charge in [0.15, 0.2) is 0 Å². The Morgan fingerprint density at radius 3 is 2.72 bits per heavy atom. The molecule has 3 heterocycles. The number of halogens is 3. The summed E-state index contributed by atoms with van der Waals surface area (Å²) in [4.78, 5) is 30.8. The SMILES string of the molecule is O=C1CNc2ncc(C(=O)NCc3ccc(C(F)(F)F)nc3)cc2N1. The molecule has 0 saturated carbocycles. The van der Waals surface area contributed by atoms with Gasteiger partial charge in [-0.05, 0) is 17.7 Å². The van der Waals surface area contributed by atoms with Gasteiger partial charge in [0.05, 0.1) is 17.8 Å². The van der Waals surface area contributed by atoms with Crippen molar-refractivity contribution in [1.82, 2.24) is 15.3 Å². The lowest BCUT2D eigenvalue weighted by Gasteiger charge is -2.18. The summed E-state index contributed by atoms with van der Waals surface area (Å²) in [6.45, 7) is 0.109. The number of pyridine rings is 2. The lowest BCUT2D eigenvalue weighted by atomic mass is 10.2. The molecular formula is C15H12F3N5O2. The van der Waals surface area contributed by atoms with E-state index in [0.717, 1.165) is 12.3 Å². The standard InChI is InChI=1S/C15H12F3N5O2/c16-15(17,18)11-2-1-8(4-19-11)5-22-14(25)9-3-10-13(20-6-9)21-7-12(24)23-10/h1-4,6H,5,7H2,(H,20,21)(H,22,25)(H,23,24). The normalized spacial score (nSPS) is 13.5. The molecule has 0 radical (unpaired) electrons. The summed E-state index contributed by atoms with van der Waals surface area (Å²) in [6.07, 6.45) is -2.11. The van der Waals surface area contributed by atoms with Gasteiger partial charge in [0.1, 0.15) is 11.5 Å².